The van der Waals surface area contributed by atoms with Crippen molar-refractivity contribution in [2.24, 2.45) is 5.41 Å². The van der Waals surface area contributed by atoms with E-state index in [1.165, 1.54) is 0 Å². The molecule has 0 fully saturated rings. The average molecular weight is 172 g/mol. The SMILES string of the molecule is CCC(=O)CCC(C)(C)C(=O)O. The zero-order chi connectivity index (χ0) is 9.78. The zero-order valence-corrected chi connectivity index (χ0v) is 7.89. The summed E-state index contributed by atoms with van der Waals surface area (Å²) >= 11 is 0. The molecule has 0 aromatic rings. The summed E-state index contributed by atoms with van der Waals surface area (Å²) in [6.45, 7) is 5.06. The van der Waals surface area contributed by atoms with Gasteiger partial charge in [-0.1, -0.05) is 6.92 Å². The molecule has 1 N–H and O–H groups in total. The second kappa shape index (κ2) is 4.24. The van der Waals surface area contributed by atoms with E-state index in [2.05, 4.69) is 0 Å². The molecular weight excluding hydrogens is 156 g/mol. The molecule has 12 heavy (non-hydrogen) atoms. The fourth-order valence-electron chi connectivity index (χ4n) is 0.736. The van der Waals surface area contributed by atoms with Crippen LogP contribution in [0.1, 0.15) is 40.0 Å². The number of carbonyl (C=O) groups excluding carboxylic acids is 1. The summed E-state index contributed by atoms with van der Waals surface area (Å²) in [5.41, 5.74) is -0.773. The number of carbonyl (C=O) groups is 2. The molecular formula is C9H16O3. The Bertz CT molecular complexity index is 182. The van der Waals surface area contributed by atoms with E-state index in [4.69, 9.17) is 5.11 Å². The van der Waals surface area contributed by atoms with E-state index in [9.17, 15) is 9.59 Å². The van der Waals surface area contributed by atoms with Gasteiger partial charge in [-0.2, -0.15) is 0 Å². The van der Waals surface area contributed by atoms with Crippen molar-refractivity contribution in [2.45, 2.75) is 40.0 Å². The van der Waals surface area contributed by atoms with E-state index in [-0.39, 0.29) is 5.78 Å². The first kappa shape index (κ1) is 11.1. The molecule has 0 aliphatic rings. The Morgan fingerprint density at radius 2 is 1.83 bits per heavy atom. The predicted molar refractivity (Wildman–Crippen MR) is 45.9 cm³/mol. The number of aliphatic carboxylic acids is 1. The Kier molecular flexibility index (Phi) is 3.93. The summed E-state index contributed by atoms with van der Waals surface area (Å²) in [4.78, 5) is 21.5. The highest BCUT2D eigenvalue weighted by Gasteiger charge is 2.27. The maximum absolute atomic E-state index is 10.9. The summed E-state index contributed by atoms with van der Waals surface area (Å²) in [5.74, 6) is -0.712. The van der Waals surface area contributed by atoms with Crippen LogP contribution in [0.15, 0.2) is 0 Å². The maximum atomic E-state index is 10.9. The van der Waals surface area contributed by atoms with Crippen LogP contribution in [0.4, 0.5) is 0 Å². The van der Waals surface area contributed by atoms with Gasteiger partial charge in [-0.15, -0.1) is 0 Å². The molecule has 0 aromatic heterocycles. The van der Waals surface area contributed by atoms with Gasteiger partial charge in [-0.05, 0) is 20.3 Å². The largest absolute Gasteiger partial charge is 0.481 e. The van der Waals surface area contributed by atoms with Crippen LogP contribution >= 0.6 is 0 Å². The van der Waals surface area contributed by atoms with Crippen LogP contribution in [0.5, 0.6) is 0 Å². The summed E-state index contributed by atoms with van der Waals surface area (Å²) in [7, 11) is 0. The highest BCUT2D eigenvalue weighted by molar-refractivity contribution is 5.79. The molecule has 0 aliphatic heterocycles. The molecule has 0 rings (SSSR count). The van der Waals surface area contributed by atoms with Crippen LogP contribution in [0.25, 0.3) is 0 Å². The quantitative estimate of drug-likeness (QED) is 0.688. The Balaban J connectivity index is 3.92. The van der Waals surface area contributed by atoms with E-state index in [1.54, 1.807) is 20.8 Å². The number of carboxylic acids is 1. The van der Waals surface area contributed by atoms with E-state index in [0.29, 0.717) is 19.3 Å². The smallest absolute Gasteiger partial charge is 0.309 e. The average Bonchev–Trinajstić information content (AvgIpc) is 2.00. The summed E-state index contributed by atoms with van der Waals surface area (Å²) < 4.78 is 0. The van der Waals surface area contributed by atoms with E-state index < -0.39 is 11.4 Å². The highest BCUT2D eigenvalue weighted by atomic mass is 16.4. The Morgan fingerprint density at radius 3 is 2.17 bits per heavy atom. The summed E-state index contributed by atoms with van der Waals surface area (Å²) in [6, 6.07) is 0. The molecule has 3 nitrogen and oxygen atoms in total. The number of ketones is 1. The van der Waals surface area contributed by atoms with Crippen molar-refractivity contribution < 1.29 is 14.7 Å². The van der Waals surface area contributed by atoms with Crippen molar-refractivity contribution in [1.29, 1.82) is 0 Å². The molecule has 0 heterocycles. The lowest BCUT2D eigenvalue weighted by molar-refractivity contribution is -0.147. The summed E-state index contributed by atoms with van der Waals surface area (Å²) in [6.07, 6.45) is 1.29. The molecule has 3 heteroatoms. The van der Waals surface area contributed by atoms with Gasteiger partial charge in [-0.3, -0.25) is 9.59 Å². The van der Waals surface area contributed by atoms with E-state index in [1.807, 2.05) is 0 Å². The van der Waals surface area contributed by atoms with Crippen molar-refractivity contribution in [3.8, 4) is 0 Å². The minimum atomic E-state index is -0.841. The van der Waals surface area contributed by atoms with Gasteiger partial charge in [0.25, 0.3) is 0 Å². The second-order valence-corrected chi connectivity index (χ2v) is 3.58. The van der Waals surface area contributed by atoms with Gasteiger partial charge in [0.1, 0.15) is 5.78 Å². The molecule has 0 unspecified atom stereocenters. The van der Waals surface area contributed by atoms with Crippen molar-refractivity contribution >= 4 is 11.8 Å². The molecule has 0 aliphatic carbocycles. The molecule has 0 saturated heterocycles. The lowest BCUT2D eigenvalue weighted by atomic mass is 9.87. The number of rotatable bonds is 5. The first-order chi connectivity index (χ1) is 5.40. The fraction of sp³-hybridized carbons (Fsp3) is 0.778. The van der Waals surface area contributed by atoms with Crippen LogP contribution in [0, 0.1) is 5.41 Å². The number of Topliss-reactive ketones (excluding diaryl/α,β-unsaturated/α-hetero) is 1. The van der Waals surface area contributed by atoms with Gasteiger partial charge in [0.05, 0.1) is 5.41 Å². The monoisotopic (exact) mass is 172 g/mol. The molecule has 0 radical (unpaired) electrons. The van der Waals surface area contributed by atoms with Crippen LogP contribution in [0.3, 0.4) is 0 Å². The van der Waals surface area contributed by atoms with E-state index in [0.717, 1.165) is 0 Å². The molecule has 70 valence electrons. The van der Waals surface area contributed by atoms with E-state index >= 15 is 0 Å². The molecule has 0 aromatic carbocycles. The van der Waals surface area contributed by atoms with Gasteiger partial charge in [0, 0.05) is 12.8 Å². The van der Waals surface area contributed by atoms with Crippen molar-refractivity contribution in [2.75, 3.05) is 0 Å². The molecule has 0 amide bonds. The first-order valence-corrected chi connectivity index (χ1v) is 4.15. The summed E-state index contributed by atoms with van der Waals surface area (Å²) in [5, 5.41) is 8.72. The van der Waals surface area contributed by atoms with Gasteiger partial charge in [0.15, 0.2) is 0 Å². The third-order valence-corrected chi connectivity index (χ3v) is 2.00. The normalized spacial score (nSPS) is 11.2. The van der Waals surface area contributed by atoms with Crippen molar-refractivity contribution in [1.82, 2.24) is 0 Å². The third-order valence-electron chi connectivity index (χ3n) is 2.00. The van der Waals surface area contributed by atoms with Crippen LogP contribution in [-0.2, 0) is 9.59 Å². The lowest BCUT2D eigenvalue weighted by Gasteiger charge is -2.17. The zero-order valence-electron chi connectivity index (χ0n) is 7.89. The lowest BCUT2D eigenvalue weighted by Crippen LogP contribution is -2.24. The number of hydrogen-bond donors (Lipinski definition) is 1. The second-order valence-electron chi connectivity index (χ2n) is 3.58. The van der Waals surface area contributed by atoms with Gasteiger partial charge >= 0.3 is 5.97 Å². The topological polar surface area (TPSA) is 54.4 Å². The van der Waals surface area contributed by atoms with Crippen molar-refractivity contribution in [3.05, 3.63) is 0 Å². The van der Waals surface area contributed by atoms with Gasteiger partial charge in [-0.25, -0.2) is 0 Å². The Morgan fingerprint density at radius 1 is 1.33 bits per heavy atom. The Labute approximate surface area is 72.8 Å². The highest BCUT2D eigenvalue weighted by Crippen LogP contribution is 2.22. The Hall–Kier alpha value is -0.860. The van der Waals surface area contributed by atoms with Gasteiger partial charge in [0.2, 0.25) is 0 Å². The minimum Gasteiger partial charge on any atom is -0.481 e. The standard InChI is InChI=1S/C9H16O3/c1-4-7(10)5-6-9(2,3)8(11)12/h4-6H2,1-3H3,(H,11,12). The van der Waals surface area contributed by atoms with Gasteiger partial charge < -0.3 is 5.11 Å². The minimum absolute atomic E-state index is 0.129. The predicted octanol–water partition coefficient (Wildman–Crippen LogP) is 1.86. The van der Waals surface area contributed by atoms with Crippen LogP contribution in [0.2, 0.25) is 0 Å². The molecule has 0 saturated carbocycles. The molecule has 0 spiro atoms. The third kappa shape index (κ3) is 3.51. The van der Waals surface area contributed by atoms with Crippen LogP contribution in [-0.4, -0.2) is 16.9 Å². The molecule has 0 bridgehead atoms. The maximum Gasteiger partial charge on any atom is 0.309 e. The van der Waals surface area contributed by atoms with Crippen molar-refractivity contribution in [3.63, 3.8) is 0 Å². The number of hydrogen-bond acceptors (Lipinski definition) is 2. The fourth-order valence-corrected chi connectivity index (χ4v) is 0.736. The number of carboxylic acid groups (broad SMARTS) is 1. The molecule has 0 atom stereocenters. The van der Waals surface area contributed by atoms with Crippen LogP contribution < -0.4 is 0 Å². The first-order valence-electron chi connectivity index (χ1n) is 4.15.